The number of hydrazone groups is 1. The van der Waals surface area contributed by atoms with E-state index in [4.69, 9.17) is 9.47 Å². The second-order valence-corrected chi connectivity index (χ2v) is 11.1. The average molecular weight is 682 g/mol. The summed E-state index contributed by atoms with van der Waals surface area (Å²) in [6.45, 7) is 2.79. The molecule has 0 aliphatic heterocycles. The highest BCUT2D eigenvalue weighted by molar-refractivity contribution is 14.1. The Balaban J connectivity index is 1.20. The molecule has 0 unspecified atom stereocenters. The minimum atomic E-state index is -0.315. The van der Waals surface area contributed by atoms with Gasteiger partial charge in [-0.25, -0.2) is 5.43 Å². The Morgan fingerprint density at radius 2 is 1.51 bits per heavy atom. The average Bonchev–Trinajstić information content (AvgIpc) is 3.03. The molecule has 1 amide bonds. The van der Waals surface area contributed by atoms with Crippen LogP contribution >= 0.6 is 22.6 Å². The van der Waals surface area contributed by atoms with E-state index in [9.17, 15) is 9.59 Å². The molecule has 0 bridgehead atoms. The van der Waals surface area contributed by atoms with Crippen LogP contribution in [0.25, 0.3) is 32.6 Å². The van der Waals surface area contributed by atoms with Crippen LogP contribution in [0.5, 0.6) is 11.5 Å². The standard InChI is InChI=1S/C35H28IN3O4/c1-2-42-32-19-23(18-29(36)35(32)43-22-25-12-9-11-24-10-3-4-13-26(24)25)20-37-38-33(40)21-39-30-16-7-5-14-27(30)34(41)28-15-6-8-17-31(28)39/h3-20H,2,21-22H2,1H3,(H,38,40)/b37-20-. The van der Waals surface area contributed by atoms with E-state index >= 15 is 0 Å². The lowest BCUT2D eigenvalue weighted by Crippen LogP contribution is -2.25. The third-order valence-electron chi connectivity index (χ3n) is 7.17. The van der Waals surface area contributed by atoms with Crippen LogP contribution in [0.1, 0.15) is 18.1 Å². The second-order valence-electron chi connectivity index (χ2n) is 9.93. The summed E-state index contributed by atoms with van der Waals surface area (Å²) in [6.07, 6.45) is 1.58. The molecule has 0 spiro atoms. The van der Waals surface area contributed by atoms with Crippen molar-refractivity contribution in [2.45, 2.75) is 20.1 Å². The predicted octanol–water partition coefficient (Wildman–Crippen LogP) is 7.04. The number of rotatable bonds is 9. The SMILES string of the molecule is CCOc1cc(/C=N\NC(=O)Cn2c3ccccc3c(=O)c3ccccc32)cc(I)c1OCc1cccc2ccccc12. The molecule has 5 aromatic carbocycles. The molecule has 1 N–H and O–H groups in total. The van der Waals surface area contributed by atoms with Crippen LogP contribution in [-0.4, -0.2) is 23.3 Å². The first-order valence-electron chi connectivity index (χ1n) is 13.9. The Kier molecular flexibility index (Phi) is 8.37. The number of para-hydroxylation sites is 2. The maximum Gasteiger partial charge on any atom is 0.260 e. The zero-order valence-electron chi connectivity index (χ0n) is 23.4. The summed E-state index contributed by atoms with van der Waals surface area (Å²) in [5.41, 5.74) is 5.81. The lowest BCUT2D eigenvalue weighted by atomic mass is 10.1. The van der Waals surface area contributed by atoms with E-state index in [0.29, 0.717) is 46.5 Å². The van der Waals surface area contributed by atoms with Crippen LogP contribution < -0.4 is 20.3 Å². The molecule has 0 aliphatic rings. The van der Waals surface area contributed by atoms with Crippen molar-refractivity contribution in [3.63, 3.8) is 0 Å². The van der Waals surface area contributed by atoms with Crippen molar-refractivity contribution in [2.24, 2.45) is 5.10 Å². The maximum atomic E-state index is 13.0. The molecule has 0 atom stereocenters. The van der Waals surface area contributed by atoms with Gasteiger partial charge in [0.15, 0.2) is 16.9 Å². The predicted molar refractivity (Wildman–Crippen MR) is 180 cm³/mol. The van der Waals surface area contributed by atoms with Crippen molar-refractivity contribution >= 4 is 67.3 Å². The van der Waals surface area contributed by atoms with Crippen molar-refractivity contribution in [3.8, 4) is 11.5 Å². The van der Waals surface area contributed by atoms with E-state index in [-0.39, 0.29) is 17.9 Å². The van der Waals surface area contributed by atoms with Gasteiger partial charge in [0.1, 0.15) is 13.2 Å². The minimum Gasteiger partial charge on any atom is -0.490 e. The fraction of sp³-hybridized carbons (Fsp3) is 0.114. The molecule has 0 aliphatic carbocycles. The van der Waals surface area contributed by atoms with Gasteiger partial charge in [0, 0.05) is 10.8 Å². The first-order chi connectivity index (χ1) is 21.0. The van der Waals surface area contributed by atoms with E-state index < -0.39 is 0 Å². The molecule has 7 nitrogen and oxygen atoms in total. The summed E-state index contributed by atoms with van der Waals surface area (Å²) < 4.78 is 14.9. The summed E-state index contributed by atoms with van der Waals surface area (Å²) in [5.74, 6) is 0.951. The molecule has 214 valence electrons. The number of fused-ring (bicyclic) bond motifs is 3. The van der Waals surface area contributed by atoms with E-state index in [1.165, 1.54) is 5.39 Å². The van der Waals surface area contributed by atoms with Gasteiger partial charge in [0.2, 0.25) is 0 Å². The lowest BCUT2D eigenvalue weighted by Gasteiger charge is -2.15. The first-order valence-corrected chi connectivity index (χ1v) is 15.0. The minimum absolute atomic E-state index is 0.00131. The number of nitrogens with one attached hydrogen (secondary N) is 1. The van der Waals surface area contributed by atoms with Crippen molar-refractivity contribution in [1.29, 1.82) is 0 Å². The number of aromatic nitrogens is 1. The number of benzene rings is 5. The topological polar surface area (TPSA) is 81.9 Å². The molecule has 0 saturated heterocycles. The molecule has 0 radical (unpaired) electrons. The highest BCUT2D eigenvalue weighted by Crippen LogP contribution is 2.35. The first kappa shape index (κ1) is 28.4. The monoisotopic (exact) mass is 681 g/mol. The quantitative estimate of drug-likeness (QED) is 0.0769. The molecule has 43 heavy (non-hydrogen) atoms. The second kappa shape index (κ2) is 12.7. The molecule has 0 saturated carbocycles. The smallest absolute Gasteiger partial charge is 0.260 e. The van der Waals surface area contributed by atoms with Crippen LogP contribution in [0, 0.1) is 3.57 Å². The third kappa shape index (κ3) is 5.96. The van der Waals surface area contributed by atoms with Crippen LogP contribution in [0.2, 0.25) is 0 Å². The normalized spacial score (nSPS) is 11.4. The van der Waals surface area contributed by atoms with E-state index in [1.54, 1.807) is 18.3 Å². The maximum absolute atomic E-state index is 13.0. The van der Waals surface area contributed by atoms with Crippen molar-refractivity contribution in [3.05, 3.63) is 128 Å². The van der Waals surface area contributed by atoms with Gasteiger partial charge >= 0.3 is 0 Å². The number of hydrogen-bond donors (Lipinski definition) is 1. The van der Waals surface area contributed by atoms with E-state index in [0.717, 1.165) is 20.1 Å². The summed E-state index contributed by atoms with van der Waals surface area (Å²) in [7, 11) is 0. The molecule has 6 rings (SSSR count). The van der Waals surface area contributed by atoms with Gasteiger partial charge in [0.05, 0.1) is 27.4 Å². The largest absolute Gasteiger partial charge is 0.490 e. The van der Waals surface area contributed by atoms with Gasteiger partial charge in [-0.05, 0) is 87.8 Å². The van der Waals surface area contributed by atoms with Crippen molar-refractivity contribution in [2.75, 3.05) is 6.61 Å². The number of nitrogens with zero attached hydrogens (tertiary/aromatic N) is 2. The summed E-state index contributed by atoms with van der Waals surface area (Å²) in [6, 6.07) is 32.8. The van der Waals surface area contributed by atoms with Crippen LogP contribution in [-0.2, 0) is 17.9 Å². The number of pyridine rings is 1. The molecular formula is C35H28IN3O4. The Bertz CT molecular complexity index is 2000. The lowest BCUT2D eigenvalue weighted by molar-refractivity contribution is -0.121. The number of carbonyl (C=O) groups excluding carboxylic acids is 1. The molecule has 8 heteroatoms. The van der Waals surface area contributed by atoms with Gasteiger partial charge in [0.25, 0.3) is 5.91 Å². The van der Waals surface area contributed by atoms with Gasteiger partial charge in [-0.3, -0.25) is 9.59 Å². The third-order valence-corrected chi connectivity index (χ3v) is 7.97. The fourth-order valence-corrected chi connectivity index (χ4v) is 6.02. The number of ether oxygens (including phenoxy) is 2. The van der Waals surface area contributed by atoms with Crippen molar-refractivity contribution < 1.29 is 14.3 Å². The van der Waals surface area contributed by atoms with Crippen LogP contribution in [0.4, 0.5) is 0 Å². The zero-order valence-corrected chi connectivity index (χ0v) is 25.6. The number of amides is 1. The van der Waals surface area contributed by atoms with Gasteiger partial charge in [-0.15, -0.1) is 0 Å². The van der Waals surface area contributed by atoms with Crippen LogP contribution in [0.15, 0.2) is 113 Å². The fourth-order valence-electron chi connectivity index (χ4n) is 5.24. The Morgan fingerprint density at radius 1 is 0.860 bits per heavy atom. The highest BCUT2D eigenvalue weighted by Gasteiger charge is 2.14. The number of hydrogen-bond acceptors (Lipinski definition) is 5. The molecule has 0 fully saturated rings. The molecule has 6 aromatic rings. The Hall–Kier alpha value is -4.70. The van der Waals surface area contributed by atoms with Gasteiger partial charge in [-0.1, -0.05) is 66.7 Å². The summed E-state index contributed by atoms with van der Waals surface area (Å²) in [4.78, 5) is 26.0. The van der Waals surface area contributed by atoms with E-state index in [2.05, 4.69) is 57.4 Å². The van der Waals surface area contributed by atoms with Gasteiger partial charge in [-0.2, -0.15) is 5.10 Å². The number of halogens is 1. The highest BCUT2D eigenvalue weighted by atomic mass is 127. The Labute approximate surface area is 261 Å². The zero-order chi connectivity index (χ0) is 29.8. The van der Waals surface area contributed by atoms with E-state index in [1.807, 2.05) is 78.2 Å². The van der Waals surface area contributed by atoms with Gasteiger partial charge < -0.3 is 14.0 Å². The van der Waals surface area contributed by atoms with Crippen LogP contribution in [0.3, 0.4) is 0 Å². The molecule has 1 aromatic heterocycles. The summed E-state index contributed by atoms with van der Waals surface area (Å²) in [5, 5.41) is 7.67. The summed E-state index contributed by atoms with van der Waals surface area (Å²) >= 11 is 2.23. The molecular weight excluding hydrogens is 653 g/mol. The molecule has 1 heterocycles. The number of carbonyl (C=O) groups is 1. The van der Waals surface area contributed by atoms with Crippen molar-refractivity contribution in [1.82, 2.24) is 9.99 Å². The Morgan fingerprint density at radius 3 is 2.23 bits per heavy atom.